The average Bonchev–Trinajstić information content (AvgIpc) is 3.00. The predicted octanol–water partition coefficient (Wildman–Crippen LogP) is 16.7. The van der Waals surface area contributed by atoms with Crippen molar-refractivity contribution < 1.29 is 13.5 Å². The summed E-state index contributed by atoms with van der Waals surface area (Å²) in [6.45, 7) is 20.8. The summed E-state index contributed by atoms with van der Waals surface area (Å²) < 4.78 is 0. The number of hydrogen-bond acceptors (Lipinski definition) is 0. The molecule has 43 heavy (non-hydrogen) atoms. The summed E-state index contributed by atoms with van der Waals surface area (Å²) in [6.07, 6.45) is 39.6. The van der Waals surface area contributed by atoms with Crippen molar-refractivity contribution in [3.8, 4) is 0 Å². The van der Waals surface area contributed by atoms with Crippen LogP contribution in [0.5, 0.6) is 0 Å². The van der Waals surface area contributed by atoms with E-state index in [1.165, 1.54) is 116 Å². The van der Waals surface area contributed by atoms with Crippen LogP contribution in [0.15, 0.2) is 0 Å². The summed E-state index contributed by atoms with van der Waals surface area (Å²) in [7, 11) is 16.2. The molecule has 0 heterocycles. The van der Waals surface area contributed by atoms with Gasteiger partial charge >= 0.3 is 42.2 Å². The maximum atomic E-state index is 4.97. The number of hydrogen-bond donors (Lipinski definition) is 0. The Balaban J connectivity index is -0.000000249. The zero-order valence-corrected chi connectivity index (χ0v) is 38.2. The Hall–Kier alpha value is 2.81. The molecular formula is C36H81Cl3IrP3. The van der Waals surface area contributed by atoms with E-state index < -0.39 is 13.5 Å². The Kier molecular flexibility index (Phi) is 60.2. The van der Waals surface area contributed by atoms with Gasteiger partial charge in [-0.2, -0.15) is 0 Å². The van der Waals surface area contributed by atoms with Crippen molar-refractivity contribution in [1.82, 2.24) is 0 Å². The summed E-state index contributed by atoms with van der Waals surface area (Å²) >= 11 is -1.92. The van der Waals surface area contributed by atoms with Crippen molar-refractivity contribution in [1.29, 1.82) is 0 Å². The summed E-state index contributed by atoms with van der Waals surface area (Å²) in [6, 6.07) is 0. The topological polar surface area (TPSA) is 0 Å². The monoisotopic (exact) mass is 904 g/mol. The van der Waals surface area contributed by atoms with E-state index in [9.17, 15) is 0 Å². The molecule has 0 saturated carbocycles. The Morgan fingerprint density at radius 2 is 0.372 bits per heavy atom. The maximum absolute atomic E-state index is 4.97. The molecule has 0 aliphatic carbocycles. The van der Waals surface area contributed by atoms with Gasteiger partial charge in [0.05, 0.1) is 0 Å². The van der Waals surface area contributed by atoms with Crippen LogP contribution >= 0.6 is 52.5 Å². The fourth-order valence-electron chi connectivity index (χ4n) is 4.44. The minimum absolute atomic E-state index is 0.422. The first-order chi connectivity index (χ1) is 20.8. The zero-order chi connectivity index (χ0) is 33.4. The molecule has 0 fully saturated rings. The van der Waals surface area contributed by atoms with Crippen molar-refractivity contribution in [2.75, 3.05) is 55.5 Å². The Bertz CT molecular complexity index is 331. The van der Waals surface area contributed by atoms with E-state index in [1.807, 2.05) is 0 Å². The molecule has 0 saturated heterocycles. The van der Waals surface area contributed by atoms with Gasteiger partial charge in [0.15, 0.2) is 0 Å². The molecule has 0 N–H and O–H groups in total. The molecule has 0 nitrogen and oxygen atoms in total. The molecule has 0 radical (unpaired) electrons. The molecule has 0 atom stereocenters. The van der Waals surface area contributed by atoms with Crippen molar-refractivity contribution in [3.63, 3.8) is 0 Å². The molecule has 7 heteroatoms. The van der Waals surface area contributed by atoms with Crippen LogP contribution in [-0.2, 0) is 13.5 Å². The van der Waals surface area contributed by atoms with Gasteiger partial charge in [-0.3, -0.25) is 0 Å². The van der Waals surface area contributed by atoms with Crippen LogP contribution in [-0.4, -0.2) is 55.5 Å². The van der Waals surface area contributed by atoms with Crippen LogP contribution in [0.4, 0.5) is 0 Å². The third-order valence-electron chi connectivity index (χ3n) is 7.45. The molecule has 0 aromatic carbocycles. The van der Waals surface area contributed by atoms with E-state index in [2.05, 4.69) is 62.3 Å². The van der Waals surface area contributed by atoms with E-state index >= 15 is 0 Å². The average molecular weight is 906 g/mol. The molecule has 0 spiro atoms. The van der Waals surface area contributed by atoms with Crippen molar-refractivity contribution >= 4 is 52.5 Å². The second-order valence-corrected chi connectivity index (χ2v) is 30.3. The fourth-order valence-corrected chi connectivity index (χ4v) is 13.3. The normalized spacial score (nSPS) is 11.1. The van der Waals surface area contributed by atoms with Crippen molar-refractivity contribution in [3.05, 3.63) is 0 Å². The number of rotatable bonds is 27. The van der Waals surface area contributed by atoms with E-state index in [0.717, 1.165) is 0 Å². The Morgan fingerprint density at radius 1 is 0.279 bits per heavy atom. The molecule has 0 rings (SSSR count). The predicted molar refractivity (Wildman–Crippen MR) is 216 cm³/mol. The van der Waals surface area contributed by atoms with Gasteiger partial charge in [0, 0.05) is 0 Å². The Morgan fingerprint density at radius 3 is 0.442 bits per heavy atom. The SMILES string of the molecule is CCCCP(CCCC)CCCC.CCCCP(CCCC)CCCC.CCCCP(CCCC)CCCC.[Cl][Ir]([Cl])[Cl]. The molecular weight excluding hydrogens is 824 g/mol. The summed E-state index contributed by atoms with van der Waals surface area (Å²) in [5.41, 5.74) is 0. The summed E-state index contributed by atoms with van der Waals surface area (Å²) in [5.74, 6) is 0. The molecule has 0 aromatic heterocycles. The molecule has 0 unspecified atom stereocenters. The first kappa shape index (κ1) is 52.6. The van der Waals surface area contributed by atoms with E-state index in [-0.39, 0.29) is 0 Å². The van der Waals surface area contributed by atoms with Gasteiger partial charge in [0.1, 0.15) is 0 Å². The third-order valence-corrected chi connectivity index (χ3v) is 16.0. The summed E-state index contributed by atoms with van der Waals surface area (Å²) in [4.78, 5) is 0. The van der Waals surface area contributed by atoms with Crippen LogP contribution in [0.1, 0.15) is 178 Å². The first-order valence-electron chi connectivity index (χ1n) is 18.6. The Labute approximate surface area is 297 Å². The molecule has 0 aromatic rings. The second-order valence-electron chi connectivity index (χ2n) is 11.8. The third kappa shape index (κ3) is 54.5. The van der Waals surface area contributed by atoms with Gasteiger partial charge in [0.2, 0.25) is 0 Å². The van der Waals surface area contributed by atoms with Crippen molar-refractivity contribution in [2.24, 2.45) is 0 Å². The first-order valence-corrected chi connectivity index (χ1v) is 33.2. The van der Waals surface area contributed by atoms with E-state index in [1.54, 1.807) is 55.5 Å². The van der Waals surface area contributed by atoms with Gasteiger partial charge in [-0.05, 0) is 113 Å². The number of unbranched alkanes of at least 4 members (excludes halogenated alkanes) is 9. The van der Waals surface area contributed by atoms with Gasteiger partial charge in [-0.25, -0.2) is 0 Å². The zero-order valence-electron chi connectivity index (χ0n) is 30.9. The van der Waals surface area contributed by atoms with Gasteiger partial charge in [0.25, 0.3) is 0 Å². The van der Waals surface area contributed by atoms with Gasteiger partial charge < -0.3 is 0 Å². The van der Waals surface area contributed by atoms with Crippen LogP contribution in [0.25, 0.3) is 0 Å². The van der Waals surface area contributed by atoms with Gasteiger partial charge in [-0.1, -0.05) is 120 Å². The van der Waals surface area contributed by atoms with Crippen molar-refractivity contribution in [2.45, 2.75) is 178 Å². The molecule has 0 aliphatic rings. The number of halogens is 3. The fraction of sp³-hybridized carbons (Fsp3) is 1.00. The molecule has 0 bridgehead atoms. The minimum atomic E-state index is -1.92. The van der Waals surface area contributed by atoms with Crippen LogP contribution < -0.4 is 0 Å². The summed E-state index contributed by atoms with van der Waals surface area (Å²) in [5, 5.41) is 0. The standard InChI is InChI=1S/3C12H27P.3ClH.Ir/c3*1-4-7-10-13(11-8-5-2)12-9-6-3;;;;/h3*4-12H2,1-3H3;3*1H;/q;;;;;;+3/p-3. The molecule has 0 aliphatic heterocycles. The molecule has 270 valence electrons. The quantitative estimate of drug-likeness (QED) is 0.0721. The second kappa shape index (κ2) is 49.2. The van der Waals surface area contributed by atoms with Crippen LogP contribution in [0.3, 0.4) is 0 Å². The van der Waals surface area contributed by atoms with E-state index in [0.29, 0.717) is 23.8 Å². The van der Waals surface area contributed by atoms with Gasteiger partial charge in [-0.15, -0.1) is 23.8 Å². The van der Waals surface area contributed by atoms with Crippen LogP contribution in [0, 0.1) is 0 Å². The van der Waals surface area contributed by atoms with Crippen LogP contribution in [0.2, 0.25) is 0 Å². The molecule has 0 amide bonds. The van der Waals surface area contributed by atoms with E-state index in [4.69, 9.17) is 28.8 Å².